The number of aromatic nitrogens is 3. The van der Waals surface area contributed by atoms with Crippen molar-refractivity contribution in [2.45, 2.75) is 66.2 Å². The van der Waals surface area contributed by atoms with Gasteiger partial charge in [-0.3, -0.25) is 0 Å². The molecule has 2 aromatic heterocycles. The quantitative estimate of drug-likeness (QED) is 0.514. The third-order valence-corrected chi connectivity index (χ3v) is 5.57. The van der Waals surface area contributed by atoms with Crippen molar-refractivity contribution >= 4 is 6.09 Å². The third kappa shape index (κ3) is 5.27. The Hall–Kier alpha value is -3.93. The molecule has 182 valence electrons. The van der Waals surface area contributed by atoms with Gasteiger partial charge in [-0.05, 0) is 70.7 Å². The molecule has 1 aliphatic heterocycles. The molecule has 0 radical (unpaired) electrons. The number of carbonyl (C=O) groups is 1. The summed E-state index contributed by atoms with van der Waals surface area (Å²) in [4.78, 5) is 23.0. The van der Waals surface area contributed by atoms with Crippen molar-refractivity contribution in [3.8, 4) is 34.8 Å². The van der Waals surface area contributed by atoms with Gasteiger partial charge in [-0.1, -0.05) is 17.3 Å². The van der Waals surface area contributed by atoms with Crippen molar-refractivity contribution in [2.24, 2.45) is 0 Å². The van der Waals surface area contributed by atoms with Crippen LogP contribution in [0.2, 0.25) is 0 Å². The molecule has 0 atom stereocenters. The molecule has 1 amide bonds. The lowest BCUT2D eigenvalue weighted by atomic mass is 9.91. The predicted octanol–water partition coefficient (Wildman–Crippen LogP) is 5.06. The number of hydrogen-bond donors (Lipinski definition) is 0. The highest BCUT2D eigenvalue weighted by Gasteiger charge is 2.27. The van der Waals surface area contributed by atoms with Crippen LogP contribution >= 0.6 is 0 Å². The molecule has 0 spiro atoms. The zero-order valence-corrected chi connectivity index (χ0v) is 20.9. The molecule has 0 bridgehead atoms. The summed E-state index contributed by atoms with van der Waals surface area (Å²) in [5, 5.41) is 13.6. The number of ether oxygens (including phenoxy) is 2. The Labute approximate surface area is 204 Å². The smallest absolute Gasteiger partial charge is 0.410 e. The predicted molar refractivity (Wildman–Crippen MR) is 129 cm³/mol. The summed E-state index contributed by atoms with van der Waals surface area (Å²) in [5.41, 5.74) is 4.48. The van der Waals surface area contributed by atoms with Gasteiger partial charge >= 0.3 is 6.09 Å². The van der Waals surface area contributed by atoms with Gasteiger partial charge in [0.05, 0.1) is 11.7 Å². The summed E-state index contributed by atoms with van der Waals surface area (Å²) < 4.78 is 16.6. The van der Waals surface area contributed by atoms with Gasteiger partial charge in [-0.25, -0.2) is 9.78 Å². The highest BCUT2D eigenvalue weighted by Crippen LogP contribution is 2.32. The first-order valence-electron chi connectivity index (χ1n) is 11.6. The van der Waals surface area contributed by atoms with Crippen LogP contribution in [0.25, 0.3) is 22.8 Å². The molecule has 0 aliphatic carbocycles. The summed E-state index contributed by atoms with van der Waals surface area (Å²) in [6.07, 6.45) is 1.87. The van der Waals surface area contributed by atoms with Crippen LogP contribution in [0.15, 0.2) is 28.9 Å². The molecule has 0 N–H and O–H groups in total. The van der Waals surface area contributed by atoms with E-state index in [-0.39, 0.29) is 24.0 Å². The highest BCUT2D eigenvalue weighted by atomic mass is 16.6. The lowest BCUT2D eigenvalue weighted by Crippen LogP contribution is -2.40. The van der Waals surface area contributed by atoms with E-state index in [4.69, 9.17) is 14.0 Å². The van der Waals surface area contributed by atoms with Gasteiger partial charge < -0.3 is 18.9 Å². The summed E-state index contributed by atoms with van der Waals surface area (Å²) in [6, 6.07) is 7.68. The van der Waals surface area contributed by atoms with Crippen LogP contribution < -0.4 is 4.74 Å². The second kappa shape index (κ2) is 9.37. The molecule has 9 nitrogen and oxygen atoms in total. The number of benzene rings is 1. The van der Waals surface area contributed by atoms with E-state index >= 15 is 0 Å². The van der Waals surface area contributed by atoms with Crippen LogP contribution in [0.4, 0.5) is 4.79 Å². The lowest BCUT2D eigenvalue weighted by molar-refractivity contribution is 0.0223. The van der Waals surface area contributed by atoms with Crippen molar-refractivity contribution in [2.75, 3.05) is 6.54 Å². The monoisotopic (exact) mass is 475 g/mol. The molecule has 4 rings (SSSR count). The van der Waals surface area contributed by atoms with Crippen LogP contribution in [0, 0.1) is 18.3 Å². The van der Waals surface area contributed by atoms with E-state index in [0.717, 1.165) is 16.7 Å². The van der Waals surface area contributed by atoms with Gasteiger partial charge in [-0.15, -0.1) is 0 Å². The molecule has 9 heteroatoms. The summed E-state index contributed by atoms with van der Waals surface area (Å²) in [7, 11) is 0. The first kappa shape index (κ1) is 24.2. The maximum atomic E-state index is 12.5. The SMILES string of the molecule is Cc1c(-c2noc(-c3cnc(OC(C)C)c(C#N)c3)n2)ccc2c1CCN(C(=O)OC(C)(C)C)C2. The van der Waals surface area contributed by atoms with Gasteiger partial charge in [0.15, 0.2) is 0 Å². The number of rotatable bonds is 4. The fourth-order valence-corrected chi connectivity index (χ4v) is 3.98. The van der Waals surface area contributed by atoms with Crippen LogP contribution in [0.1, 0.15) is 56.9 Å². The van der Waals surface area contributed by atoms with E-state index in [1.165, 1.54) is 5.56 Å². The molecular weight excluding hydrogens is 446 g/mol. The van der Waals surface area contributed by atoms with E-state index in [1.807, 2.05) is 53.7 Å². The molecule has 0 unspecified atom stereocenters. The van der Waals surface area contributed by atoms with Crippen LogP contribution in [-0.2, 0) is 17.7 Å². The van der Waals surface area contributed by atoms with E-state index in [9.17, 15) is 10.1 Å². The zero-order valence-electron chi connectivity index (χ0n) is 20.9. The highest BCUT2D eigenvalue weighted by molar-refractivity contribution is 5.70. The standard InChI is InChI=1S/C26H29N5O4/c1-15(2)33-23-18(12-27)11-19(13-28-23)24-29-22(30-35-24)21-8-7-17-14-31(10-9-20(17)16(21)3)25(32)34-26(4,5)6/h7-8,11,13,15H,9-10,14H2,1-6H3. The minimum absolute atomic E-state index is 0.0985. The number of pyridine rings is 1. The maximum Gasteiger partial charge on any atom is 0.410 e. The number of amides is 1. The van der Waals surface area contributed by atoms with Gasteiger partial charge in [0.1, 0.15) is 17.2 Å². The van der Waals surface area contributed by atoms with Gasteiger partial charge in [0.25, 0.3) is 5.89 Å². The molecule has 35 heavy (non-hydrogen) atoms. The van der Waals surface area contributed by atoms with Crippen molar-refractivity contribution in [1.29, 1.82) is 5.26 Å². The maximum absolute atomic E-state index is 12.5. The summed E-state index contributed by atoms with van der Waals surface area (Å²) >= 11 is 0. The zero-order chi connectivity index (χ0) is 25.3. The minimum atomic E-state index is -0.529. The van der Waals surface area contributed by atoms with Gasteiger partial charge in [0.2, 0.25) is 11.7 Å². The average Bonchev–Trinajstić information content (AvgIpc) is 3.28. The lowest BCUT2D eigenvalue weighted by Gasteiger charge is -2.32. The molecule has 1 aromatic carbocycles. The second-order valence-electron chi connectivity index (χ2n) is 9.81. The van der Waals surface area contributed by atoms with Crippen molar-refractivity contribution in [1.82, 2.24) is 20.0 Å². The Morgan fingerprint density at radius 1 is 1.29 bits per heavy atom. The number of fused-ring (bicyclic) bond motifs is 1. The van der Waals surface area contributed by atoms with Crippen LogP contribution in [0.5, 0.6) is 5.88 Å². The van der Waals surface area contributed by atoms with Crippen molar-refractivity contribution < 1.29 is 18.8 Å². The first-order chi connectivity index (χ1) is 16.6. The Bertz CT molecular complexity index is 1300. The fraction of sp³-hybridized carbons (Fsp3) is 0.423. The first-order valence-corrected chi connectivity index (χ1v) is 11.6. The normalized spacial score (nSPS) is 13.4. The fourth-order valence-electron chi connectivity index (χ4n) is 3.98. The minimum Gasteiger partial charge on any atom is -0.474 e. The Balaban J connectivity index is 1.57. The van der Waals surface area contributed by atoms with Crippen molar-refractivity contribution in [3.63, 3.8) is 0 Å². The van der Waals surface area contributed by atoms with Gasteiger partial charge in [0, 0.05) is 24.8 Å². The molecule has 0 fully saturated rings. The van der Waals surface area contributed by atoms with Crippen molar-refractivity contribution in [3.05, 3.63) is 46.6 Å². The molecule has 1 aliphatic rings. The number of nitriles is 1. The van der Waals surface area contributed by atoms with E-state index < -0.39 is 5.60 Å². The summed E-state index contributed by atoms with van der Waals surface area (Å²) in [5.74, 6) is 1.00. The van der Waals surface area contributed by atoms with E-state index in [0.29, 0.717) is 36.5 Å². The van der Waals surface area contributed by atoms with Crippen LogP contribution in [-0.4, -0.2) is 44.4 Å². The molecule has 0 saturated carbocycles. The topological polar surface area (TPSA) is 114 Å². The van der Waals surface area contributed by atoms with E-state index in [1.54, 1.807) is 17.2 Å². The number of carbonyl (C=O) groups excluding carboxylic acids is 1. The molecular formula is C26H29N5O4. The van der Waals surface area contributed by atoms with E-state index in [2.05, 4.69) is 21.2 Å². The molecule has 3 heterocycles. The molecule has 0 saturated heterocycles. The Kier molecular flexibility index (Phi) is 6.48. The second-order valence-corrected chi connectivity index (χ2v) is 9.81. The van der Waals surface area contributed by atoms with Crippen LogP contribution in [0.3, 0.4) is 0 Å². The largest absolute Gasteiger partial charge is 0.474 e. The summed E-state index contributed by atoms with van der Waals surface area (Å²) in [6.45, 7) is 12.4. The Morgan fingerprint density at radius 3 is 2.74 bits per heavy atom. The number of hydrogen-bond acceptors (Lipinski definition) is 8. The van der Waals surface area contributed by atoms with Gasteiger partial charge in [-0.2, -0.15) is 10.2 Å². The average molecular weight is 476 g/mol. The molecule has 3 aromatic rings. The third-order valence-electron chi connectivity index (χ3n) is 5.57. The number of nitrogens with zero attached hydrogens (tertiary/aromatic N) is 5. The Morgan fingerprint density at radius 2 is 2.06 bits per heavy atom.